The largest absolute Gasteiger partial charge is 0.323 e. The van der Waals surface area contributed by atoms with Crippen molar-refractivity contribution in [2.24, 2.45) is 16.8 Å². The molecule has 2 aliphatic rings. The molecule has 2 amide bonds. The molecule has 0 aromatic carbocycles. The van der Waals surface area contributed by atoms with Gasteiger partial charge in [-0.15, -0.1) is 12.6 Å². The first-order valence-corrected chi connectivity index (χ1v) is 10.6. The second-order valence-corrected chi connectivity index (χ2v) is 8.90. The molecule has 0 radical (unpaired) electrons. The molecule has 0 bridgehead atoms. The summed E-state index contributed by atoms with van der Waals surface area (Å²) in [5.41, 5.74) is 1.52. The average Bonchev–Trinajstić information content (AvgIpc) is 2.62. The number of carbonyl (C=O) groups is 1. The number of urea groups is 1. The smallest absolute Gasteiger partial charge is 0.315 e. The molecule has 4 nitrogen and oxygen atoms in total. The molecule has 0 aliphatic heterocycles. The van der Waals surface area contributed by atoms with E-state index in [1.54, 1.807) is 6.20 Å². The van der Waals surface area contributed by atoms with Crippen molar-refractivity contribution in [3.63, 3.8) is 0 Å². The number of hydrogen-bond acceptors (Lipinski definition) is 3. The summed E-state index contributed by atoms with van der Waals surface area (Å²) in [6.45, 7) is 10.4. The summed E-state index contributed by atoms with van der Waals surface area (Å²) in [6, 6.07) is 0.359. The Balaban J connectivity index is 2.17. The number of amides is 2. The van der Waals surface area contributed by atoms with E-state index in [9.17, 15) is 4.79 Å². The Morgan fingerprint density at radius 2 is 2.04 bits per heavy atom. The van der Waals surface area contributed by atoms with E-state index >= 15 is 0 Å². The minimum absolute atomic E-state index is 0.0444. The number of carbonyl (C=O) groups excluding carboxylic acids is 1. The molecule has 1 N–H and O–H groups in total. The van der Waals surface area contributed by atoms with Gasteiger partial charge in [0.05, 0.1) is 6.04 Å². The Bertz CT molecular complexity index is 644. The van der Waals surface area contributed by atoms with Gasteiger partial charge in [0, 0.05) is 12.2 Å². The summed E-state index contributed by atoms with van der Waals surface area (Å²) < 4.78 is 0. The van der Waals surface area contributed by atoms with Gasteiger partial charge in [0.2, 0.25) is 0 Å². The van der Waals surface area contributed by atoms with E-state index in [1.165, 1.54) is 5.57 Å². The van der Waals surface area contributed by atoms with Gasteiger partial charge in [-0.25, -0.2) is 9.79 Å². The van der Waals surface area contributed by atoms with Crippen LogP contribution >= 0.6 is 12.6 Å². The number of rotatable bonds is 4. The van der Waals surface area contributed by atoms with Crippen LogP contribution in [0.4, 0.5) is 4.79 Å². The van der Waals surface area contributed by atoms with Crippen LogP contribution in [0.25, 0.3) is 0 Å². The van der Waals surface area contributed by atoms with Gasteiger partial charge in [-0.2, -0.15) is 0 Å². The fourth-order valence-electron chi connectivity index (χ4n) is 3.82. The summed E-state index contributed by atoms with van der Waals surface area (Å²) in [4.78, 5) is 20.3. The van der Waals surface area contributed by atoms with Crippen LogP contribution in [0.5, 0.6) is 0 Å². The van der Waals surface area contributed by atoms with Crippen LogP contribution in [-0.4, -0.2) is 28.9 Å². The molecule has 3 unspecified atom stereocenters. The molecule has 5 heteroatoms. The highest BCUT2D eigenvalue weighted by atomic mass is 32.1. The molecule has 2 aliphatic carbocycles. The van der Waals surface area contributed by atoms with E-state index in [1.807, 2.05) is 13.8 Å². The van der Waals surface area contributed by atoms with E-state index in [0.717, 1.165) is 37.0 Å². The maximum atomic E-state index is 13.1. The van der Waals surface area contributed by atoms with Crippen LogP contribution < -0.4 is 5.32 Å². The minimum Gasteiger partial charge on any atom is -0.315 e. The Kier molecular flexibility index (Phi) is 8.21. The Hall–Kier alpha value is -1.49. The van der Waals surface area contributed by atoms with Gasteiger partial charge < -0.3 is 4.90 Å². The molecule has 0 aromatic rings. The molecule has 0 spiro atoms. The van der Waals surface area contributed by atoms with Crippen LogP contribution in [0.1, 0.15) is 66.7 Å². The van der Waals surface area contributed by atoms with Crippen LogP contribution in [0.15, 0.2) is 39.9 Å². The summed E-state index contributed by atoms with van der Waals surface area (Å²) >= 11 is 4.22. The highest BCUT2D eigenvalue weighted by Gasteiger charge is 2.32. The van der Waals surface area contributed by atoms with Crippen LogP contribution in [-0.2, 0) is 0 Å². The zero-order chi connectivity index (χ0) is 20.0. The standard InChI is InChI=1S/C22H35N3OS/c1-15(2)19-8-12-21(13-9-19)25(20-10-6-16(3)7-11-20)22(26)24-18(5)23-14-17(4)27/h6,8,10,14-16,20-21,27H,7,9,11-13H2,1-5H3,(H,23,24,26)/b17-14-. The van der Waals surface area contributed by atoms with Crippen molar-refractivity contribution < 1.29 is 4.79 Å². The first-order valence-electron chi connectivity index (χ1n) is 10.1. The third kappa shape index (κ3) is 6.56. The molecule has 0 saturated carbocycles. The lowest BCUT2D eigenvalue weighted by molar-refractivity contribution is 0.147. The SMILES string of the molecule is CC(=N/C=C(/C)S)NC(=O)N(C1C=CC(C)CC1)C1CC=C(C(C)C)CC1. The summed E-state index contributed by atoms with van der Waals surface area (Å²) in [7, 11) is 0. The predicted molar refractivity (Wildman–Crippen MR) is 118 cm³/mol. The highest BCUT2D eigenvalue weighted by Crippen LogP contribution is 2.31. The number of allylic oxidation sites excluding steroid dienone is 3. The van der Waals surface area contributed by atoms with Crippen LogP contribution in [0.3, 0.4) is 0 Å². The maximum absolute atomic E-state index is 13.1. The molecule has 27 heavy (non-hydrogen) atoms. The van der Waals surface area contributed by atoms with Gasteiger partial charge >= 0.3 is 6.03 Å². The van der Waals surface area contributed by atoms with E-state index < -0.39 is 0 Å². The second-order valence-electron chi connectivity index (χ2n) is 8.19. The van der Waals surface area contributed by atoms with Crippen molar-refractivity contribution in [2.75, 3.05) is 0 Å². The summed E-state index contributed by atoms with van der Waals surface area (Å²) in [5.74, 6) is 1.78. The van der Waals surface area contributed by atoms with E-state index in [2.05, 4.69) is 66.8 Å². The number of amidine groups is 1. The Labute approximate surface area is 170 Å². The van der Waals surface area contributed by atoms with Gasteiger partial charge in [-0.3, -0.25) is 5.32 Å². The normalized spacial score (nSPS) is 26.8. The number of thiol groups is 1. The number of nitrogens with one attached hydrogen (secondary N) is 1. The highest BCUT2D eigenvalue weighted by molar-refractivity contribution is 7.84. The second kappa shape index (κ2) is 10.2. The molecule has 2 rings (SSSR count). The molecule has 150 valence electrons. The lowest BCUT2D eigenvalue weighted by Gasteiger charge is -2.40. The van der Waals surface area contributed by atoms with E-state index in [0.29, 0.717) is 17.7 Å². The first-order chi connectivity index (χ1) is 12.8. The van der Waals surface area contributed by atoms with Crippen LogP contribution in [0.2, 0.25) is 0 Å². The van der Waals surface area contributed by atoms with Gasteiger partial charge in [0.15, 0.2) is 0 Å². The van der Waals surface area contributed by atoms with E-state index in [4.69, 9.17) is 0 Å². The number of nitrogens with zero attached hydrogens (tertiary/aromatic N) is 2. The Morgan fingerprint density at radius 3 is 2.56 bits per heavy atom. The van der Waals surface area contributed by atoms with Crippen LogP contribution in [0, 0.1) is 11.8 Å². The third-order valence-electron chi connectivity index (χ3n) is 5.46. The average molecular weight is 390 g/mol. The fourth-order valence-corrected chi connectivity index (χ4v) is 3.88. The number of aliphatic imine (C=N–C) groups is 1. The number of hydrogen-bond donors (Lipinski definition) is 2. The van der Waals surface area contributed by atoms with Crippen molar-refractivity contribution in [2.45, 2.75) is 78.8 Å². The molecule has 0 heterocycles. The molecule has 3 atom stereocenters. The molecule has 0 fully saturated rings. The minimum atomic E-state index is -0.0444. The fraction of sp³-hybridized carbons (Fsp3) is 0.636. The monoisotopic (exact) mass is 389 g/mol. The molecule has 0 aromatic heterocycles. The van der Waals surface area contributed by atoms with Gasteiger partial charge in [0.25, 0.3) is 0 Å². The zero-order valence-corrected chi connectivity index (χ0v) is 18.3. The maximum Gasteiger partial charge on any atom is 0.323 e. The van der Waals surface area contributed by atoms with Crippen molar-refractivity contribution in [3.8, 4) is 0 Å². The zero-order valence-electron chi connectivity index (χ0n) is 17.4. The predicted octanol–water partition coefficient (Wildman–Crippen LogP) is 5.70. The topological polar surface area (TPSA) is 44.7 Å². The van der Waals surface area contributed by atoms with E-state index in [-0.39, 0.29) is 18.1 Å². The molecular weight excluding hydrogens is 354 g/mol. The quantitative estimate of drug-likeness (QED) is 0.275. The van der Waals surface area contributed by atoms with Crippen molar-refractivity contribution >= 4 is 24.5 Å². The lowest BCUT2D eigenvalue weighted by atomic mass is 9.86. The third-order valence-corrected chi connectivity index (χ3v) is 5.57. The van der Waals surface area contributed by atoms with Crippen molar-refractivity contribution in [1.82, 2.24) is 10.2 Å². The first kappa shape index (κ1) is 21.8. The molecular formula is C22H35N3OS. The van der Waals surface area contributed by atoms with Gasteiger partial charge in [0.1, 0.15) is 5.84 Å². The van der Waals surface area contributed by atoms with Crippen molar-refractivity contribution in [1.29, 1.82) is 0 Å². The lowest BCUT2D eigenvalue weighted by Crippen LogP contribution is -2.53. The summed E-state index contributed by atoms with van der Waals surface area (Å²) in [5, 5.41) is 2.98. The van der Waals surface area contributed by atoms with Gasteiger partial charge in [-0.05, 0) is 62.7 Å². The summed E-state index contributed by atoms with van der Waals surface area (Å²) in [6.07, 6.45) is 13.7. The Morgan fingerprint density at radius 1 is 1.30 bits per heavy atom. The molecule has 0 saturated heterocycles. The van der Waals surface area contributed by atoms with Crippen molar-refractivity contribution in [3.05, 3.63) is 34.9 Å². The van der Waals surface area contributed by atoms with Gasteiger partial charge in [-0.1, -0.05) is 44.6 Å².